The highest BCUT2D eigenvalue weighted by Crippen LogP contribution is 2.16. The van der Waals surface area contributed by atoms with E-state index >= 15 is 0 Å². The number of carbonyl (C=O) groups excluding carboxylic acids is 1. The first-order valence-electron chi connectivity index (χ1n) is 9.92. The molecule has 0 bridgehead atoms. The molecule has 4 rings (SSSR count). The van der Waals surface area contributed by atoms with E-state index in [1.807, 2.05) is 12.1 Å². The number of aryl methyl sites for hydroxylation is 1. The van der Waals surface area contributed by atoms with Crippen molar-refractivity contribution in [1.29, 1.82) is 0 Å². The van der Waals surface area contributed by atoms with E-state index in [0.29, 0.717) is 12.1 Å². The smallest absolute Gasteiger partial charge is 0.303 e. The van der Waals surface area contributed by atoms with Crippen LogP contribution in [0.3, 0.4) is 0 Å². The second-order valence-corrected chi connectivity index (χ2v) is 7.49. The first-order chi connectivity index (χ1) is 14.0. The summed E-state index contributed by atoms with van der Waals surface area (Å²) >= 11 is 0. The molecule has 0 spiro atoms. The molecule has 1 aromatic heterocycles. The van der Waals surface area contributed by atoms with Crippen molar-refractivity contribution in [2.75, 3.05) is 19.6 Å². The molecule has 0 aliphatic carbocycles. The van der Waals surface area contributed by atoms with E-state index in [1.54, 1.807) is 16.7 Å². The largest absolute Gasteiger partial charge is 0.329 e. The maximum atomic E-state index is 13.5. The SMILES string of the molecule is O=C(Cn1c(=O)n(CCCN2CCCC2)c2ccccc21)c1cc(F)cc(F)c1. The van der Waals surface area contributed by atoms with E-state index < -0.39 is 17.4 Å². The lowest BCUT2D eigenvalue weighted by Gasteiger charge is -2.14. The molecule has 0 atom stereocenters. The van der Waals surface area contributed by atoms with E-state index in [9.17, 15) is 18.4 Å². The molecule has 5 nitrogen and oxygen atoms in total. The summed E-state index contributed by atoms with van der Waals surface area (Å²) in [6.45, 7) is 3.45. The summed E-state index contributed by atoms with van der Waals surface area (Å²) in [5.74, 6) is -2.14. The van der Waals surface area contributed by atoms with Gasteiger partial charge in [0, 0.05) is 18.2 Å². The molecule has 0 radical (unpaired) electrons. The lowest BCUT2D eigenvalue weighted by molar-refractivity contribution is 0.0971. The van der Waals surface area contributed by atoms with Gasteiger partial charge in [-0.25, -0.2) is 13.6 Å². The number of para-hydroxylation sites is 2. The lowest BCUT2D eigenvalue weighted by Crippen LogP contribution is -2.28. The molecular formula is C22H23F2N3O2. The number of likely N-dealkylation sites (tertiary alicyclic amines) is 1. The second kappa shape index (κ2) is 8.29. The van der Waals surface area contributed by atoms with Gasteiger partial charge in [0.15, 0.2) is 5.78 Å². The summed E-state index contributed by atoms with van der Waals surface area (Å²) in [4.78, 5) is 28.0. The van der Waals surface area contributed by atoms with Crippen LogP contribution in [0.1, 0.15) is 29.6 Å². The van der Waals surface area contributed by atoms with Gasteiger partial charge in [0.1, 0.15) is 11.6 Å². The van der Waals surface area contributed by atoms with E-state index in [0.717, 1.165) is 49.8 Å². The number of nitrogens with zero attached hydrogens (tertiary/aromatic N) is 3. The Balaban J connectivity index is 1.59. The van der Waals surface area contributed by atoms with Gasteiger partial charge >= 0.3 is 5.69 Å². The molecule has 1 aliphatic heterocycles. The standard InChI is InChI=1S/C22H23F2N3O2/c23-17-12-16(13-18(24)14-17)21(28)15-27-20-7-2-1-6-19(20)26(22(27)29)11-5-10-25-8-3-4-9-25/h1-2,6-7,12-14H,3-5,8-11,15H2. The van der Waals surface area contributed by atoms with Crippen LogP contribution in [0.4, 0.5) is 8.78 Å². The zero-order valence-corrected chi connectivity index (χ0v) is 16.1. The molecule has 1 fully saturated rings. The molecule has 1 aliphatic rings. The minimum absolute atomic E-state index is 0.0831. The van der Waals surface area contributed by atoms with Crippen molar-refractivity contribution >= 4 is 16.8 Å². The molecule has 3 aromatic rings. The van der Waals surface area contributed by atoms with Crippen LogP contribution in [0.5, 0.6) is 0 Å². The van der Waals surface area contributed by atoms with E-state index in [1.165, 1.54) is 17.4 Å². The number of halogens is 2. The highest BCUT2D eigenvalue weighted by atomic mass is 19.1. The lowest BCUT2D eigenvalue weighted by atomic mass is 10.1. The van der Waals surface area contributed by atoms with Crippen molar-refractivity contribution in [2.45, 2.75) is 32.4 Å². The zero-order valence-electron chi connectivity index (χ0n) is 16.1. The Morgan fingerprint density at radius 3 is 2.17 bits per heavy atom. The maximum Gasteiger partial charge on any atom is 0.329 e. The fraction of sp³-hybridized carbons (Fsp3) is 0.364. The van der Waals surface area contributed by atoms with E-state index in [-0.39, 0.29) is 17.8 Å². The summed E-state index contributed by atoms with van der Waals surface area (Å²) in [6, 6.07) is 10.0. The van der Waals surface area contributed by atoms with Crippen LogP contribution in [0, 0.1) is 11.6 Å². The van der Waals surface area contributed by atoms with Crippen LogP contribution >= 0.6 is 0 Å². The second-order valence-electron chi connectivity index (χ2n) is 7.49. The molecule has 29 heavy (non-hydrogen) atoms. The number of hydrogen-bond acceptors (Lipinski definition) is 3. The predicted molar refractivity (Wildman–Crippen MR) is 107 cm³/mol. The van der Waals surface area contributed by atoms with Crippen molar-refractivity contribution in [1.82, 2.24) is 14.0 Å². The van der Waals surface area contributed by atoms with E-state index in [2.05, 4.69) is 4.90 Å². The van der Waals surface area contributed by atoms with Crippen LogP contribution in [-0.2, 0) is 13.1 Å². The molecule has 0 N–H and O–H groups in total. The van der Waals surface area contributed by atoms with Gasteiger partial charge < -0.3 is 4.90 Å². The van der Waals surface area contributed by atoms with Gasteiger partial charge in [-0.15, -0.1) is 0 Å². The number of rotatable bonds is 7. The Morgan fingerprint density at radius 2 is 1.52 bits per heavy atom. The van der Waals surface area contributed by atoms with Crippen molar-refractivity contribution < 1.29 is 13.6 Å². The molecule has 2 aromatic carbocycles. The first kappa shape index (κ1) is 19.5. The quantitative estimate of drug-likeness (QED) is 0.572. The Kier molecular flexibility index (Phi) is 5.58. The highest BCUT2D eigenvalue weighted by molar-refractivity contribution is 5.96. The van der Waals surface area contributed by atoms with Gasteiger partial charge in [-0.2, -0.15) is 0 Å². The summed E-state index contributed by atoms with van der Waals surface area (Å²) in [6.07, 6.45) is 3.29. The van der Waals surface area contributed by atoms with Gasteiger partial charge in [0.25, 0.3) is 0 Å². The van der Waals surface area contributed by atoms with Crippen molar-refractivity contribution in [3.8, 4) is 0 Å². The summed E-state index contributed by atoms with van der Waals surface area (Å²) in [5.41, 5.74) is 1.04. The number of carbonyl (C=O) groups is 1. The minimum atomic E-state index is -0.815. The van der Waals surface area contributed by atoms with Crippen molar-refractivity contribution in [2.24, 2.45) is 0 Å². The van der Waals surface area contributed by atoms with Gasteiger partial charge in [-0.3, -0.25) is 13.9 Å². The normalized spacial score (nSPS) is 14.7. The maximum absolute atomic E-state index is 13.5. The monoisotopic (exact) mass is 399 g/mol. The van der Waals surface area contributed by atoms with Crippen molar-refractivity contribution in [3.05, 3.63) is 70.1 Å². The van der Waals surface area contributed by atoms with Crippen LogP contribution in [0.25, 0.3) is 11.0 Å². The zero-order chi connectivity index (χ0) is 20.4. The number of Topliss-reactive ketones (excluding diaryl/α,β-unsaturated/α-hetero) is 1. The summed E-state index contributed by atoms with van der Waals surface area (Å²) in [5, 5.41) is 0. The number of benzene rings is 2. The fourth-order valence-electron chi connectivity index (χ4n) is 4.05. The third-order valence-corrected chi connectivity index (χ3v) is 5.47. The van der Waals surface area contributed by atoms with E-state index in [4.69, 9.17) is 0 Å². The van der Waals surface area contributed by atoms with Gasteiger partial charge in [0.05, 0.1) is 17.6 Å². The number of ketones is 1. The Morgan fingerprint density at radius 1 is 0.897 bits per heavy atom. The van der Waals surface area contributed by atoms with Crippen LogP contribution in [-0.4, -0.2) is 39.5 Å². The third-order valence-electron chi connectivity index (χ3n) is 5.47. The first-order valence-corrected chi connectivity index (χ1v) is 9.92. The average molecular weight is 399 g/mol. The minimum Gasteiger partial charge on any atom is -0.303 e. The topological polar surface area (TPSA) is 47.2 Å². The number of aromatic nitrogens is 2. The Bertz CT molecular complexity index is 1080. The molecule has 152 valence electrons. The molecule has 1 saturated heterocycles. The van der Waals surface area contributed by atoms with Gasteiger partial charge in [-0.1, -0.05) is 12.1 Å². The number of imidazole rings is 1. The number of fused-ring (bicyclic) bond motifs is 1. The van der Waals surface area contributed by atoms with Gasteiger partial charge in [-0.05, 0) is 63.2 Å². The molecule has 0 saturated carbocycles. The van der Waals surface area contributed by atoms with Gasteiger partial charge in [0.2, 0.25) is 0 Å². The summed E-state index contributed by atoms with van der Waals surface area (Å²) < 4.78 is 30.0. The molecule has 0 unspecified atom stereocenters. The Hall–Kier alpha value is -2.80. The molecule has 7 heteroatoms. The van der Waals surface area contributed by atoms with Crippen LogP contribution in [0.2, 0.25) is 0 Å². The Labute approximate surface area is 167 Å². The molecule has 2 heterocycles. The third kappa shape index (κ3) is 4.15. The van der Waals surface area contributed by atoms with Crippen LogP contribution in [0.15, 0.2) is 47.3 Å². The number of hydrogen-bond donors (Lipinski definition) is 0. The fourth-order valence-corrected chi connectivity index (χ4v) is 4.05. The van der Waals surface area contributed by atoms with Crippen molar-refractivity contribution in [3.63, 3.8) is 0 Å². The average Bonchev–Trinajstić information content (AvgIpc) is 3.30. The van der Waals surface area contributed by atoms with Crippen LogP contribution < -0.4 is 5.69 Å². The highest BCUT2D eigenvalue weighted by Gasteiger charge is 2.18. The summed E-state index contributed by atoms with van der Waals surface area (Å²) in [7, 11) is 0. The predicted octanol–water partition coefficient (Wildman–Crippen LogP) is 3.45. The molecular weight excluding hydrogens is 376 g/mol. The molecule has 0 amide bonds.